The summed E-state index contributed by atoms with van der Waals surface area (Å²) in [6.45, 7) is 3.78. The molecule has 4 rings (SSSR count). The van der Waals surface area contributed by atoms with Crippen molar-refractivity contribution in [2.24, 2.45) is 0 Å². The van der Waals surface area contributed by atoms with Crippen LogP contribution in [0.3, 0.4) is 0 Å². The average Bonchev–Trinajstić information content (AvgIpc) is 3.19. The van der Waals surface area contributed by atoms with E-state index in [1.807, 2.05) is 19.1 Å². The minimum atomic E-state index is -0.0812. The number of nitrogens with zero attached hydrogens (tertiary/aromatic N) is 4. The van der Waals surface area contributed by atoms with Gasteiger partial charge in [-0.2, -0.15) is 5.10 Å². The van der Waals surface area contributed by atoms with Crippen molar-refractivity contribution in [2.75, 3.05) is 33.3 Å². The van der Waals surface area contributed by atoms with Crippen LogP contribution in [0.2, 0.25) is 5.02 Å². The number of benzene rings is 2. The molecule has 2 heterocycles. The van der Waals surface area contributed by atoms with E-state index in [2.05, 4.69) is 5.10 Å². The van der Waals surface area contributed by atoms with Crippen molar-refractivity contribution in [3.8, 4) is 11.4 Å². The SMILES string of the molecule is COc1ccc(C(=O)N2CCN(C(=O)c3cnn(-c4cccc(Cl)c4)c3C)CC2)cc1. The summed E-state index contributed by atoms with van der Waals surface area (Å²) < 4.78 is 6.85. The molecule has 1 fully saturated rings. The Labute approximate surface area is 185 Å². The minimum Gasteiger partial charge on any atom is -0.497 e. The summed E-state index contributed by atoms with van der Waals surface area (Å²) in [5.41, 5.74) is 2.72. The van der Waals surface area contributed by atoms with Crippen LogP contribution in [0.25, 0.3) is 5.69 Å². The third-order valence-electron chi connectivity index (χ3n) is 5.48. The highest BCUT2D eigenvalue weighted by Crippen LogP contribution is 2.20. The molecule has 0 unspecified atom stereocenters. The largest absolute Gasteiger partial charge is 0.497 e. The lowest BCUT2D eigenvalue weighted by molar-refractivity contribution is 0.0535. The van der Waals surface area contributed by atoms with E-state index in [0.717, 1.165) is 11.4 Å². The Balaban J connectivity index is 1.42. The molecular weight excluding hydrogens is 416 g/mol. The Hall–Kier alpha value is -3.32. The fourth-order valence-corrected chi connectivity index (χ4v) is 3.87. The van der Waals surface area contributed by atoms with Crippen LogP contribution < -0.4 is 4.74 Å². The van der Waals surface area contributed by atoms with E-state index >= 15 is 0 Å². The van der Waals surface area contributed by atoms with Gasteiger partial charge >= 0.3 is 0 Å². The number of piperazine rings is 1. The summed E-state index contributed by atoms with van der Waals surface area (Å²) in [6, 6.07) is 14.4. The summed E-state index contributed by atoms with van der Waals surface area (Å²) in [5.74, 6) is 0.586. The number of rotatable bonds is 4. The Bertz CT molecular complexity index is 1100. The third-order valence-corrected chi connectivity index (χ3v) is 5.72. The van der Waals surface area contributed by atoms with Crippen molar-refractivity contribution in [1.82, 2.24) is 19.6 Å². The Kier molecular flexibility index (Phi) is 5.95. The van der Waals surface area contributed by atoms with Crippen LogP contribution in [0.4, 0.5) is 0 Å². The van der Waals surface area contributed by atoms with Gasteiger partial charge in [0, 0.05) is 36.8 Å². The van der Waals surface area contributed by atoms with Gasteiger partial charge < -0.3 is 14.5 Å². The van der Waals surface area contributed by atoms with Gasteiger partial charge in [-0.25, -0.2) is 4.68 Å². The molecule has 0 aliphatic carbocycles. The maximum atomic E-state index is 13.1. The van der Waals surface area contributed by atoms with E-state index in [0.29, 0.717) is 48.1 Å². The van der Waals surface area contributed by atoms with E-state index in [1.54, 1.807) is 64.2 Å². The van der Waals surface area contributed by atoms with Gasteiger partial charge in [0.15, 0.2) is 0 Å². The maximum Gasteiger partial charge on any atom is 0.257 e. The van der Waals surface area contributed by atoms with Gasteiger partial charge in [-0.05, 0) is 49.4 Å². The normalized spacial score (nSPS) is 13.9. The van der Waals surface area contributed by atoms with Crippen LogP contribution in [-0.4, -0.2) is 64.7 Å². The number of halogens is 1. The molecule has 160 valence electrons. The number of methoxy groups -OCH3 is 1. The van der Waals surface area contributed by atoms with Gasteiger partial charge in [-0.1, -0.05) is 17.7 Å². The second-order valence-corrected chi connectivity index (χ2v) is 7.78. The van der Waals surface area contributed by atoms with E-state index in [4.69, 9.17) is 16.3 Å². The second-order valence-electron chi connectivity index (χ2n) is 7.35. The summed E-state index contributed by atoms with van der Waals surface area (Å²) in [6.07, 6.45) is 1.59. The lowest BCUT2D eigenvalue weighted by atomic mass is 10.1. The van der Waals surface area contributed by atoms with Crippen LogP contribution in [0.5, 0.6) is 5.75 Å². The smallest absolute Gasteiger partial charge is 0.257 e. The summed E-state index contributed by atoms with van der Waals surface area (Å²) in [5, 5.41) is 4.98. The molecule has 7 nitrogen and oxygen atoms in total. The second kappa shape index (κ2) is 8.81. The Morgan fingerprint density at radius 3 is 2.23 bits per heavy atom. The number of amides is 2. The minimum absolute atomic E-state index is 0.0419. The van der Waals surface area contributed by atoms with E-state index in [9.17, 15) is 9.59 Å². The molecule has 1 aromatic heterocycles. The van der Waals surface area contributed by atoms with E-state index < -0.39 is 0 Å². The molecule has 31 heavy (non-hydrogen) atoms. The van der Waals surface area contributed by atoms with Crippen LogP contribution in [-0.2, 0) is 0 Å². The van der Waals surface area contributed by atoms with Gasteiger partial charge in [0.05, 0.1) is 30.3 Å². The quantitative estimate of drug-likeness (QED) is 0.625. The predicted molar refractivity (Wildman–Crippen MR) is 118 cm³/mol. The van der Waals surface area contributed by atoms with Crippen LogP contribution in [0, 0.1) is 6.92 Å². The van der Waals surface area contributed by atoms with E-state index in [-0.39, 0.29) is 11.8 Å². The first kappa shape index (κ1) is 20.9. The molecule has 0 saturated carbocycles. The monoisotopic (exact) mass is 438 g/mol. The molecule has 0 radical (unpaired) electrons. The van der Waals surface area contributed by atoms with Crippen molar-refractivity contribution in [3.05, 3.63) is 76.6 Å². The molecule has 1 aliphatic heterocycles. The zero-order valence-corrected chi connectivity index (χ0v) is 18.2. The number of aromatic nitrogens is 2. The zero-order valence-electron chi connectivity index (χ0n) is 17.4. The fraction of sp³-hybridized carbons (Fsp3) is 0.261. The van der Waals surface area contributed by atoms with Gasteiger partial charge in [0.25, 0.3) is 11.8 Å². The van der Waals surface area contributed by atoms with Crippen molar-refractivity contribution in [1.29, 1.82) is 0 Å². The first-order chi connectivity index (χ1) is 15.0. The fourth-order valence-electron chi connectivity index (χ4n) is 3.69. The summed E-state index contributed by atoms with van der Waals surface area (Å²) in [7, 11) is 1.59. The molecule has 0 N–H and O–H groups in total. The van der Waals surface area contributed by atoms with E-state index in [1.165, 1.54) is 0 Å². The van der Waals surface area contributed by atoms with Crippen molar-refractivity contribution in [2.45, 2.75) is 6.92 Å². The van der Waals surface area contributed by atoms with Gasteiger partial charge in [0.2, 0.25) is 0 Å². The summed E-state index contributed by atoms with van der Waals surface area (Å²) in [4.78, 5) is 29.4. The molecular formula is C23H23ClN4O3. The van der Waals surface area contributed by atoms with Crippen LogP contribution in [0.15, 0.2) is 54.7 Å². The summed E-state index contributed by atoms with van der Waals surface area (Å²) >= 11 is 6.08. The first-order valence-electron chi connectivity index (χ1n) is 10.0. The first-order valence-corrected chi connectivity index (χ1v) is 10.4. The maximum absolute atomic E-state index is 13.1. The molecule has 3 aromatic rings. The number of ether oxygens (including phenoxy) is 1. The van der Waals surface area contributed by atoms with Crippen molar-refractivity contribution >= 4 is 23.4 Å². The third kappa shape index (κ3) is 4.27. The van der Waals surface area contributed by atoms with Gasteiger partial charge in [-0.15, -0.1) is 0 Å². The topological polar surface area (TPSA) is 67.7 Å². The standard InChI is InChI=1S/C23H23ClN4O3/c1-16-21(15-25-28(16)19-5-3-4-18(24)14-19)23(30)27-12-10-26(11-13-27)22(29)17-6-8-20(31-2)9-7-17/h3-9,14-15H,10-13H2,1-2H3. The molecule has 2 amide bonds. The number of carbonyl (C=O) groups is 2. The predicted octanol–water partition coefficient (Wildman–Crippen LogP) is 3.44. The van der Waals surface area contributed by atoms with Crippen LogP contribution >= 0.6 is 11.6 Å². The average molecular weight is 439 g/mol. The Morgan fingerprint density at radius 1 is 0.968 bits per heavy atom. The molecule has 0 spiro atoms. The highest BCUT2D eigenvalue weighted by atomic mass is 35.5. The van der Waals surface area contributed by atoms with Gasteiger partial charge in [-0.3, -0.25) is 9.59 Å². The Morgan fingerprint density at radius 2 is 1.61 bits per heavy atom. The van der Waals surface area contributed by atoms with Crippen LogP contribution in [0.1, 0.15) is 26.4 Å². The number of hydrogen-bond donors (Lipinski definition) is 0. The zero-order chi connectivity index (χ0) is 22.0. The molecule has 0 bridgehead atoms. The molecule has 8 heteroatoms. The van der Waals surface area contributed by atoms with Crippen molar-refractivity contribution in [3.63, 3.8) is 0 Å². The molecule has 0 atom stereocenters. The number of hydrogen-bond acceptors (Lipinski definition) is 4. The van der Waals surface area contributed by atoms with Gasteiger partial charge in [0.1, 0.15) is 5.75 Å². The molecule has 1 saturated heterocycles. The highest BCUT2D eigenvalue weighted by Gasteiger charge is 2.27. The molecule has 2 aromatic carbocycles. The lowest BCUT2D eigenvalue weighted by Crippen LogP contribution is -2.50. The molecule has 1 aliphatic rings. The van der Waals surface area contributed by atoms with Crippen molar-refractivity contribution < 1.29 is 14.3 Å². The highest BCUT2D eigenvalue weighted by molar-refractivity contribution is 6.30. The number of carbonyl (C=O) groups excluding carboxylic acids is 2. The lowest BCUT2D eigenvalue weighted by Gasteiger charge is -2.34.